The summed E-state index contributed by atoms with van der Waals surface area (Å²) < 4.78 is 10.7. The lowest BCUT2D eigenvalue weighted by Crippen LogP contribution is -2.42. The van der Waals surface area contributed by atoms with E-state index in [1.54, 1.807) is 26.5 Å². The van der Waals surface area contributed by atoms with Crippen LogP contribution in [-0.4, -0.2) is 38.3 Å². The molecule has 130 valence electrons. The lowest BCUT2D eigenvalue weighted by molar-refractivity contribution is 0.394. The Morgan fingerprint density at radius 2 is 2.00 bits per heavy atom. The van der Waals surface area contributed by atoms with Gasteiger partial charge in [0.05, 0.1) is 19.8 Å². The Labute approximate surface area is 148 Å². The van der Waals surface area contributed by atoms with Crippen molar-refractivity contribution in [2.45, 2.75) is 18.9 Å². The molecule has 2 heterocycles. The Kier molecular flexibility index (Phi) is 5.24. The van der Waals surface area contributed by atoms with Crippen molar-refractivity contribution in [3.63, 3.8) is 0 Å². The van der Waals surface area contributed by atoms with Crippen LogP contribution in [-0.2, 0) is 0 Å². The number of nitrogens with zero attached hydrogens (tertiary/aromatic N) is 3. The minimum Gasteiger partial charge on any atom is -0.497 e. The summed E-state index contributed by atoms with van der Waals surface area (Å²) in [5, 5.41) is 12.9. The van der Waals surface area contributed by atoms with Crippen molar-refractivity contribution in [2.75, 3.05) is 37.5 Å². The number of piperidine rings is 1. The second-order valence-electron chi connectivity index (χ2n) is 6.02. The number of rotatable bonds is 5. The van der Waals surface area contributed by atoms with Crippen LogP contribution in [0, 0.1) is 11.3 Å². The summed E-state index contributed by atoms with van der Waals surface area (Å²) in [6.45, 7) is 1.70. The summed E-state index contributed by atoms with van der Waals surface area (Å²) in [5.74, 6) is 2.27. The molecule has 2 aromatic rings. The van der Waals surface area contributed by atoms with Crippen LogP contribution in [0.15, 0.2) is 36.5 Å². The van der Waals surface area contributed by atoms with E-state index in [0.29, 0.717) is 5.56 Å². The van der Waals surface area contributed by atoms with E-state index in [-0.39, 0.29) is 6.04 Å². The maximum atomic E-state index is 9.31. The molecule has 1 N–H and O–H groups in total. The number of hydrogen-bond donors (Lipinski definition) is 1. The van der Waals surface area contributed by atoms with Crippen LogP contribution in [0.1, 0.15) is 18.4 Å². The molecule has 1 fully saturated rings. The monoisotopic (exact) mass is 338 g/mol. The summed E-state index contributed by atoms with van der Waals surface area (Å²) in [6.07, 6.45) is 3.84. The number of anilines is 2. The van der Waals surface area contributed by atoms with Crippen LogP contribution < -0.4 is 19.7 Å². The number of benzene rings is 1. The number of ether oxygens (including phenoxy) is 2. The highest BCUT2D eigenvalue weighted by molar-refractivity contribution is 5.56. The van der Waals surface area contributed by atoms with E-state index >= 15 is 0 Å². The normalized spacial score (nSPS) is 16.8. The molecular weight excluding hydrogens is 316 g/mol. The zero-order valence-corrected chi connectivity index (χ0v) is 14.5. The third kappa shape index (κ3) is 3.94. The van der Waals surface area contributed by atoms with Gasteiger partial charge in [-0.15, -0.1) is 0 Å². The van der Waals surface area contributed by atoms with E-state index in [1.807, 2.05) is 24.3 Å². The fraction of sp³-hybridized carbons (Fsp3) is 0.368. The first kappa shape index (κ1) is 16.9. The van der Waals surface area contributed by atoms with E-state index in [2.05, 4.69) is 21.3 Å². The largest absolute Gasteiger partial charge is 0.497 e. The minimum atomic E-state index is 0.263. The Hall–Kier alpha value is -2.94. The van der Waals surface area contributed by atoms with Gasteiger partial charge in [0, 0.05) is 49.2 Å². The number of hydrogen-bond acceptors (Lipinski definition) is 6. The zero-order valence-electron chi connectivity index (χ0n) is 14.5. The number of nitrogens with one attached hydrogen (secondary N) is 1. The molecule has 1 atom stereocenters. The standard InChI is InChI=1S/C19H22N4O2/c1-24-17-9-16(10-18(11-17)25-2)22-15-6-4-8-23(13-15)19-14(12-20)5-3-7-21-19/h3,5,7,9-11,15,22H,4,6,8,13H2,1-2H3/t15-/m0/s1. The molecule has 6 nitrogen and oxygen atoms in total. The third-order valence-electron chi connectivity index (χ3n) is 4.35. The fourth-order valence-corrected chi connectivity index (χ4v) is 3.15. The van der Waals surface area contributed by atoms with E-state index < -0.39 is 0 Å². The van der Waals surface area contributed by atoms with Crippen molar-refractivity contribution in [1.82, 2.24) is 4.98 Å². The SMILES string of the molecule is COc1cc(N[C@H]2CCCN(c3ncccc3C#N)C2)cc(OC)c1. The highest BCUT2D eigenvalue weighted by Crippen LogP contribution is 2.28. The molecule has 0 spiro atoms. The average Bonchev–Trinajstić information content (AvgIpc) is 2.67. The van der Waals surface area contributed by atoms with Gasteiger partial charge in [-0.05, 0) is 25.0 Å². The topological polar surface area (TPSA) is 70.4 Å². The predicted octanol–water partition coefficient (Wildman–Crippen LogP) is 3.05. The molecule has 1 aliphatic rings. The minimum absolute atomic E-state index is 0.263. The van der Waals surface area contributed by atoms with Crippen LogP contribution in [0.4, 0.5) is 11.5 Å². The van der Waals surface area contributed by atoms with Crippen molar-refractivity contribution in [3.8, 4) is 17.6 Å². The molecule has 1 aromatic heterocycles. The van der Waals surface area contributed by atoms with Gasteiger partial charge in [-0.2, -0.15) is 5.26 Å². The van der Waals surface area contributed by atoms with Gasteiger partial charge in [-0.1, -0.05) is 0 Å². The van der Waals surface area contributed by atoms with Gasteiger partial charge in [0.15, 0.2) is 0 Å². The van der Waals surface area contributed by atoms with Crippen molar-refractivity contribution < 1.29 is 9.47 Å². The van der Waals surface area contributed by atoms with Crippen LogP contribution in [0.5, 0.6) is 11.5 Å². The molecule has 0 saturated carbocycles. The maximum Gasteiger partial charge on any atom is 0.146 e. The molecule has 1 aliphatic heterocycles. The van der Waals surface area contributed by atoms with Gasteiger partial charge in [0.25, 0.3) is 0 Å². The van der Waals surface area contributed by atoms with Crippen LogP contribution in [0.2, 0.25) is 0 Å². The molecule has 0 radical (unpaired) electrons. The first-order valence-corrected chi connectivity index (χ1v) is 8.33. The Morgan fingerprint density at radius 1 is 1.24 bits per heavy atom. The molecule has 3 rings (SSSR count). The molecule has 1 saturated heterocycles. The summed E-state index contributed by atoms with van der Waals surface area (Å²) in [6, 6.07) is 11.9. The molecule has 0 amide bonds. The lowest BCUT2D eigenvalue weighted by Gasteiger charge is -2.34. The summed E-state index contributed by atoms with van der Waals surface area (Å²) in [4.78, 5) is 6.58. The van der Waals surface area contributed by atoms with Crippen molar-refractivity contribution in [2.24, 2.45) is 0 Å². The smallest absolute Gasteiger partial charge is 0.146 e. The number of pyridine rings is 1. The van der Waals surface area contributed by atoms with Gasteiger partial charge in [-0.25, -0.2) is 4.98 Å². The summed E-state index contributed by atoms with van der Waals surface area (Å²) >= 11 is 0. The fourth-order valence-electron chi connectivity index (χ4n) is 3.15. The lowest BCUT2D eigenvalue weighted by atomic mass is 10.0. The average molecular weight is 338 g/mol. The maximum absolute atomic E-state index is 9.31. The highest BCUT2D eigenvalue weighted by atomic mass is 16.5. The van der Waals surface area contributed by atoms with Crippen molar-refractivity contribution in [3.05, 3.63) is 42.1 Å². The van der Waals surface area contributed by atoms with E-state index in [4.69, 9.17) is 9.47 Å². The second-order valence-corrected chi connectivity index (χ2v) is 6.02. The van der Waals surface area contributed by atoms with Crippen molar-refractivity contribution in [1.29, 1.82) is 5.26 Å². The molecule has 0 unspecified atom stereocenters. The third-order valence-corrected chi connectivity index (χ3v) is 4.35. The second kappa shape index (κ2) is 7.75. The van der Waals surface area contributed by atoms with E-state index in [9.17, 15) is 5.26 Å². The Morgan fingerprint density at radius 3 is 2.68 bits per heavy atom. The van der Waals surface area contributed by atoms with Gasteiger partial charge in [-0.3, -0.25) is 0 Å². The van der Waals surface area contributed by atoms with Crippen LogP contribution >= 0.6 is 0 Å². The van der Waals surface area contributed by atoms with Crippen LogP contribution in [0.25, 0.3) is 0 Å². The molecule has 25 heavy (non-hydrogen) atoms. The first-order valence-electron chi connectivity index (χ1n) is 8.33. The van der Waals surface area contributed by atoms with Gasteiger partial charge in [0.2, 0.25) is 0 Å². The molecule has 1 aromatic carbocycles. The van der Waals surface area contributed by atoms with Gasteiger partial charge in [0.1, 0.15) is 23.4 Å². The quantitative estimate of drug-likeness (QED) is 0.903. The first-order chi connectivity index (χ1) is 12.2. The number of methoxy groups -OCH3 is 2. The number of aromatic nitrogens is 1. The van der Waals surface area contributed by atoms with Crippen LogP contribution in [0.3, 0.4) is 0 Å². The number of nitriles is 1. The zero-order chi connectivity index (χ0) is 17.6. The van der Waals surface area contributed by atoms with Gasteiger partial charge < -0.3 is 19.7 Å². The molecule has 0 bridgehead atoms. The van der Waals surface area contributed by atoms with E-state index in [1.165, 1.54) is 0 Å². The van der Waals surface area contributed by atoms with Gasteiger partial charge >= 0.3 is 0 Å². The predicted molar refractivity (Wildman–Crippen MR) is 97.4 cm³/mol. The molecule has 0 aliphatic carbocycles. The highest BCUT2D eigenvalue weighted by Gasteiger charge is 2.23. The molecule has 6 heteroatoms. The van der Waals surface area contributed by atoms with Crippen molar-refractivity contribution >= 4 is 11.5 Å². The Balaban J connectivity index is 1.75. The molecular formula is C19H22N4O2. The van der Waals surface area contributed by atoms with E-state index in [0.717, 1.165) is 48.9 Å². The summed E-state index contributed by atoms with van der Waals surface area (Å²) in [7, 11) is 3.29. The summed E-state index contributed by atoms with van der Waals surface area (Å²) in [5.41, 5.74) is 1.58. The Bertz CT molecular complexity index is 750.